The maximum atomic E-state index is 11.5. The quantitative estimate of drug-likeness (QED) is 0.410. The number of aliphatic imine (C=N–C) groups is 1. The predicted molar refractivity (Wildman–Crippen MR) is 88.4 cm³/mol. The van der Waals surface area contributed by atoms with Gasteiger partial charge in [0.15, 0.2) is 5.96 Å². The first-order chi connectivity index (χ1) is 10.2. The number of hydrogen-bond donors (Lipinski definition) is 3. The number of carbonyl (C=O) groups excluding carboxylic acids is 1. The summed E-state index contributed by atoms with van der Waals surface area (Å²) in [6.45, 7) is 6.97. The van der Waals surface area contributed by atoms with Gasteiger partial charge >= 0.3 is 0 Å². The third kappa shape index (κ3) is 6.61. The van der Waals surface area contributed by atoms with Crippen LogP contribution in [-0.4, -0.2) is 25.5 Å². The van der Waals surface area contributed by atoms with Gasteiger partial charge in [-0.25, -0.2) is 0 Å². The van der Waals surface area contributed by atoms with Crippen molar-refractivity contribution < 1.29 is 4.79 Å². The van der Waals surface area contributed by atoms with Crippen LogP contribution in [0.4, 0.5) is 5.69 Å². The molecule has 0 aliphatic heterocycles. The summed E-state index contributed by atoms with van der Waals surface area (Å²) in [6.07, 6.45) is 3.18. The molecule has 1 aromatic carbocycles. The molecule has 0 saturated carbocycles. The standard InChI is InChI=1S/C16H24N4O/c1-4-6-15(21)20-14-9-7-13(8-10-14)12-19-16(17-3)18-11-5-2/h5,7-10H,2,4,6,11-12H2,1,3H3,(H,20,21)(H2,17,18,19). The molecular formula is C16H24N4O. The van der Waals surface area contributed by atoms with Crippen LogP contribution in [0, 0.1) is 0 Å². The monoisotopic (exact) mass is 288 g/mol. The van der Waals surface area contributed by atoms with Gasteiger partial charge in [-0.1, -0.05) is 25.1 Å². The number of nitrogens with one attached hydrogen (secondary N) is 3. The SMILES string of the molecule is C=CCNC(=NC)NCc1ccc(NC(=O)CCC)cc1. The van der Waals surface area contributed by atoms with E-state index >= 15 is 0 Å². The van der Waals surface area contributed by atoms with Crippen molar-refractivity contribution in [3.05, 3.63) is 42.5 Å². The predicted octanol–water partition coefficient (Wildman–Crippen LogP) is 2.28. The lowest BCUT2D eigenvalue weighted by Crippen LogP contribution is -2.36. The van der Waals surface area contributed by atoms with Crippen LogP contribution < -0.4 is 16.0 Å². The second kappa shape index (κ2) is 9.58. The Balaban J connectivity index is 2.47. The van der Waals surface area contributed by atoms with Gasteiger partial charge in [0, 0.05) is 32.2 Å². The van der Waals surface area contributed by atoms with Crippen LogP contribution >= 0.6 is 0 Å². The first kappa shape index (κ1) is 16.8. The van der Waals surface area contributed by atoms with Gasteiger partial charge in [-0.05, 0) is 24.1 Å². The van der Waals surface area contributed by atoms with E-state index in [2.05, 4.69) is 27.5 Å². The molecule has 1 rings (SSSR count). The lowest BCUT2D eigenvalue weighted by Gasteiger charge is -2.11. The Hall–Kier alpha value is -2.30. The largest absolute Gasteiger partial charge is 0.353 e. The van der Waals surface area contributed by atoms with Gasteiger partial charge in [-0.2, -0.15) is 0 Å². The van der Waals surface area contributed by atoms with Crippen molar-refractivity contribution in [2.45, 2.75) is 26.3 Å². The molecule has 0 aliphatic carbocycles. The molecule has 0 heterocycles. The normalized spacial score (nSPS) is 10.9. The Labute approximate surface area is 126 Å². The molecule has 0 bridgehead atoms. The van der Waals surface area contributed by atoms with Crippen LogP contribution in [-0.2, 0) is 11.3 Å². The summed E-state index contributed by atoms with van der Waals surface area (Å²) < 4.78 is 0. The van der Waals surface area contributed by atoms with E-state index in [0.717, 1.165) is 23.6 Å². The Morgan fingerprint density at radius 3 is 2.57 bits per heavy atom. The van der Waals surface area contributed by atoms with Gasteiger partial charge in [0.2, 0.25) is 5.91 Å². The van der Waals surface area contributed by atoms with Crippen LogP contribution in [0.15, 0.2) is 41.9 Å². The summed E-state index contributed by atoms with van der Waals surface area (Å²) in [5, 5.41) is 9.18. The van der Waals surface area contributed by atoms with Crippen LogP contribution in [0.5, 0.6) is 0 Å². The van der Waals surface area contributed by atoms with E-state index in [1.54, 1.807) is 13.1 Å². The molecular weight excluding hydrogens is 264 g/mol. The van der Waals surface area contributed by atoms with E-state index in [-0.39, 0.29) is 5.91 Å². The molecule has 114 valence electrons. The fourth-order valence-electron chi connectivity index (χ4n) is 1.73. The molecule has 0 atom stereocenters. The van der Waals surface area contributed by atoms with E-state index in [0.29, 0.717) is 19.5 Å². The number of anilines is 1. The average molecular weight is 288 g/mol. The number of rotatable bonds is 7. The highest BCUT2D eigenvalue weighted by Gasteiger charge is 2.01. The van der Waals surface area contributed by atoms with Gasteiger partial charge in [0.05, 0.1) is 0 Å². The molecule has 21 heavy (non-hydrogen) atoms. The molecule has 0 unspecified atom stereocenters. The highest BCUT2D eigenvalue weighted by molar-refractivity contribution is 5.90. The van der Waals surface area contributed by atoms with Crippen molar-refractivity contribution in [1.29, 1.82) is 0 Å². The molecule has 0 aliphatic rings. The second-order valence-corrected chi connectivity index (χ2v) is 4.59. The molecule has 0 fully saturated rings. The zero-order valence-electron chi connectivity index (χ0n) is 12.8. The van der Waals surface area contributed by atoms with Gasteiger partial charge in [-0.15, -0.1) is 6.58 Å². The molecule has 5 nitrogen and oxygen atoms in total. The van der Waals surface area contributed by atoms with E-state index in [1.807, 2.05) is 31.2 Å². The van der Waals surface area contributed by atoms with Crippen molar-refractivity contribution >= 4 is 17.6 Å². The minimum atomic E-state index is 0.0532. The molecule has 0 radical (unpaired) electrons. The number of benzene rings is 1. The summed E-state index contributed by atoms with van der Waals surface area (Å²) in [6, 6.07) is 7.78. The minimum absolute atomic E-state index is 0.0532. The Kier molecular flexibility index (Phi) is 7.64. The van der Waals surface area contributed by atoms with E-state index in [4.69, 9.17) is 0 Å². The van der Waals surface area contributed by atoms with E-state index in [9.17, 15) is 4.79 Å². The smallest absolute Gasteiger partial charge is 0.224 e. The van der Waals surface area contributed by atoms with Gasteiger partial charge in [-0.3, -0.25) is 9.79 Å². The number of nitrogens with zero attached hydrogens (tertiary/aromatic N) is 1. The summed E-state index contributed by atoms with van der Waals surface area (Å²) in [5.41, 5.74) is 1.94. The molecule has 1 aromatic rings. The maximum absolute atomic E-state index is 11.5. The maximum Gasteiger partial charge on any atom is 0.224 e. The molecule has 5 heteroatoms. The van der Waals surface area contributed by atoms with Gasteiger partial charge in [0.25, 0.3) is 0 Å². The highest BCUT2D eigenvalue weighted by Crippen LogP contribution is 2.10. The fourth-order valence-corrected chi connectivity index (χ4v) is 1.73. The summed E-state index contributed by atoms with van der Waals surface area (Å²) in [7, 11) is 1.73. The Morgan fingerprint density at radius 1 is 1.29 bits per heavy atom. The van der Waals surface area contributed by atoms with Crippen molar-refractivity contribution in [3.8, 4) is 0 Å². The Bertz CT molecular complexity index is 480. The van der Waals surface area contributed by atoms with Crippen LogP contribution in [0.1, 0.15) is 25.3 Å². The first-order valence-electron chi connectivity index (χ1n) is 7.13. The minimum Gasteiger partial charge on any atom is -0.353 e. The van der Waals surface area contributed by atoms with Crippen molar-refractivity contribution in [2.24, 2.45) is 4.99 Å². The number of hydrogen-bond acceptors (Lipinski definition) is 2. The molecule has 0 aromatic heterocycles. The topological polar surface area (TPSA) is 65.5 Å². The summed E-state index contributed by atoms with van der Waals surface area (Å²) in [4.78, 5) is 15.6. The Morgan fingerprint density at radius 2 is 2.00 bits per heavy atom. The highest BCUT2D eigenvalue weighted by atomic mass is 16.1. The van der Waals surface area contributed by atoms with Gasteiger partial charge < -0.3 is 16.0 Å². The average Bonchev–Trinajstić information content (AvgIpc) is 2.49. The second-order valence-electron chi connectivity index (χ2n) is 4.59. The van der Waals surface area contributed by atoms with E-state index in [1.165, 1.54) is 0 Å². The third-order valence-corrected chi connectivity index (χ3v) is 2.81. The van der Waals surface area contributed by atoms with E-state index < -0.39 is 0 Å². The van der Waals surface area contributed by atoms with Crippen molar-refractivity contribution in [1.82, 2.24) is 10.6 Å². The molecule has 0 spiro atoms. The first-order valence-corrected chi connectivity index (χ1v) is 7.13. The van der Waals surface area contributed by atoms with Crippen molar-refractivity contribution in [3.63, 3.8) is 0 Å². The fraction of sp³-hybridized carbons (Fsp3) is 0.375. The number of guanidine groups is 1. The summed E-state index contributed by atoms with van der Waals surface area (Å²) in [5.74, 6) is 0.785. The third-order valence-electron chi connectivity index (χ3n) is 2.81. The van der Waals surface area contributed by atoms with Crippen LogP contribution in [0.3, 0.4) is 0 Å². The summed E-state index contributed by atoms with van der Waals surface area (Å²) >= 11 is 0. The zero-order chi connectivity index (χ0) is 15.5. The van der Waals surface area contributed by atoms with Gasteiger partial charge in [0.1, 0.15) is 0 Å². The molecule has 0 saturated heterocycles. The molecule has 3 N–H and O–H groups in total. The zero-order valence-corrected chi connectivity index (χ0v) is 12.8. The van der Waals surface area contributed by atoms with Crippen molar-refractivity contribution in [2.75, 3.05) is 18.9 Å². The van der Waals surface area contributed by atoms with Crippen LogP contribution in [0.25, 0.3) is 0 Å². The lowest BCUT2D eigenvalue weighted by atomic mass is 10.2. The number of carbonyl (C=O) groups is 1. The lowest BCUT2D eigenvalue weighted by molar-refractivity contribution is -0.116. The number of amides is 1. The molecule has 1 amide bonds. The van der Waals surface area contributed by atoms with Crippen LogP contribution in [0.2, 0.25) is 0 Å².